The summed E-state index contributed by atoms with van der Waals surface area (Å²) in [6, 6.07) is 66.7. The number of aliphatic hydroxyl groups excluding tert-OH is 2. The van der Waals surface area contributed by atoms with Gasteiger partial charge in [-0.05, 0) is 109 Å². The van der Waals surface area contributed by atoms with Crippen molar-refractivity contribution in [1.29, 1.82) is 5.26 Å². The minimum atomic E-state index is -4.72. The summed E-state index contributed by atoms with van der Waals surface area (Å²) in [6.45, 7) is 4.49. The molecule has 0 saturated carbocycles. The molecule has 6 atom stereocenters. The monoisotopic (exact) mass is 1960 g/mol. The zero-order valence-corrected chi connectivity index (χ0v) is 77.9. The van der Waals surface area contributed by atoms with Gasteiger partial charge in [-0.2, -0.15) is 14.0 Å². The van der Waals surface area contributed by atoms with Crippen LogP contribution in [0, 0.1) is 11.3 Å². The second kappa shape index (κ2) is 47.5. The number of hydrogen-bond acceptors (Lipinski definition) is 25. The normalized spacial score (nSPS) is 16.1. The number of rotatable bonds is 28. The molecule has 2 fully saturated rings. The molecule has 10 N–H and O–H groups in total. The highest BCUT2D eigenvalue weighted by Gasteiger charge is 2.58. The van der Waals surface area contributed by atoms with Crippen LogP contribution >= 0.6 is 27.7 Å². The Kier molecular flexibility index (Phi) is 34.8. The Labute approximate surface area is 796 Å². The van der Waals surface area contributed by atoms with E-state index in [1.54, 1.807) is 69.8 Å². The van der Waals surface area contributed by atoms with Gasteiger partial charge in [-0.15, -0.1) is 13.2 Å². The Morgan fingerprint density at radius 1 is 0.686 bits per heavy atom. The number of carbonyl (C=O) groups excluding carboxylic acids is 2. The van der Waals surface area contributed by atoms with Gasteiger partial charge in [0.05, 0.1) is 83.4 Å². The van der Waals surface area contributed by atoms with Crippen LogP contribution in [0.25, 0.3) is 88.3 Å². The molecule has 2 saturated heterocycles. The molecule has 1 amide bonds. The van der Waals surface area contributed by atoms with Gasteiger partial charge in [-0.1, -0.05) is 137 Å². The van der Waals surface area contributed by atoms with E-state index in [1.807, 2.05) is 134 Å². The van der Waals surface area contributed by atoms with Crippen molar-refractivity contribution in [3.05, 3.63) is 246 Å². The van der Waals surface area contributed by atoms with Crippen LogP contribution in [-0.2, 0) is 39.7 Å². The maximum absolute atomic E-state index is 12.5. The highest BCUT2D eigenvalue weighted by Crippen LogP contribution is 2.42. The van der Waals surface area contributed by atoms with E-state index in [0.717, 1.165) is 127 Å². The fourth-order valence-corrected chi connectivity index (χ4v) is 16.7. The summed E-state index contributed by atoms with van der Waals surface area (Å²) in [4.78, 5) is 74.2. The average Bonchev–Trinajstić information content (AvgIpc) is 1.36. The number of piperazine rings is 1. The first-order valence-corrected chi connectivity index (χ1v) is 44.6. The second-order valence-electron chi connectivity index (χ2n) is 31.2. The van der Waals surface area contributed by atoms with Crippen molar-refractivity contribution in [1.82, 2.24) is 55.0 Å². The lowest BCUT2D eigenvalue weighted by atomic mass is 9.88. The number of aromatic nitrogens is 8. The maximum atomic E-state index is 12.5. The summed E-state index contributed by atoms with van der Waals surface area (Å²) in [5.74, 6) is -1.23. The van der Waals surface area contributed by atoms with E-state index in [2.05, 4.69) is 146 Å². The molecule has 0 bridgehead atoms. The van der Waals surface area contributed by atoms with E-state index in [0.29, 0.717) is 75.1 Å². The van der Waals surface area contributed by atoms with Crippen LogP contribution in [-0.4, -0.2) is 241 Å². The van der Waals surface area contributed by atoms with Crippen molar-refractivity contribution >= 4 is 118 Å². The number of carboxylic acid groups (broad SMARTS) is 1. The van der Waals surface area contributed by atoms with Crippen LogP contribution in [0.3, 0.4) is 0 Å². The van der Waals surface area contributed by atoms with Gasteiger partial charge in [-0.3, -0.25) is 9.59 Å². The van der Waals surface area contributed by atoms with E-state index in [1.165, 1.54) is 50.8 Å². The molecule has 716 valence electrons. The smallest absolute Gasteiger partial charge is 0.497 e. The molecule has 8 aromatic heterocycles. The number of methoxy groups -OCH3 is 6. The van der Waals surface area contributed by atoms with Crippen molar-refractivity contribution < 1.29 is 104 Å². The number of benzene rings is 7. The largest absolute Gasteiger partial charge is 0.574 e. The lowest BCUT2D eigenvalue weighted by molar-refractivity contribution is -0.293. The number of amides is 1. The highest BCUT2D eigenvalue weighted by molar-refractivity contribution is 9.10. The lowest BCUT2D eigenvalue weighted by Gasteiger charge is -2.48. The number of halogens is 6. The van der Waals surface area contributed by atoms with Gasteiger partial charge in [0.1, 0.15) is 70.9 Å². The summed E-state index contributed by atoms with van der Waals surface area (Å²) < 4.78 is 119. The summed E-state index contributed by atoms with van der Waals surface area (Å²) in [5, 5.41) is 49.6. The molecular weight excluding hydrogens is 1860 g/mol. The van der Waals surface area contributed by atoms with E-state index < -0.39 is 67.7 Å². The molecule has 15 aromatic rings. The summed E-state index contributed by atoms with van der Waals surface area (Å²) in [7, 11) is 11.1. The van der Waals surface area contributed by atoms with Gasteiger partial charge < -0.3 is 113 Å². The van der Waals surface area contributed by atoms with Crippen molar-refractivity contribution in [3.8, 4) is 74.5 Å². The predicted octanol–water partition coefficient (Wildman–Crippen LogP) is 17.9. The van der Waals surface area contributed by atoms with E-state index in [-0.39, 0.29) is 30.5 Å². The molecule has 11 heterocycles. The molecule has 137 heavy (non-hydrogen) atoms. The van der Waals surface area contributed by atoms with Gasteiger partial charge in [0.15, 0.2) is 23.9 Å². The van der Waals surface area contributed by atoms with Crippen molar-refractivity contribution in [2.24, 2.45) is 4.99 Å². The Bertz CT molecular complexity index is 6630. The number of likely N-dealkylation sites (N-methyl/N-ethyl adjacent to an activating group) is 1. The minimum absolute atomic E-state index is 0.0164. The molecule has 0 spiro atoms. The van der Waals surface area contributed by atoms with Crippen LogP contribution in [0.1, 0.15) is 41.3 Å². The number of alkyl halides is 5. The van der Waals surface area contributed by atoms with E-state index in [4.69, 9.17) is 42.6 Å². The number of fused-ring (bicyclic) bond motifs is 6. The fourth-order valence-electron chi connectivity index (χ4n) is 15.4. The zero-order chi connectivity index (χ0) is 97.3. The highest BCUT2D eigenvalue weighted by atomic mass is 79.9. The Hall–Kier alpha value is -14.0. The molecule has 3 aliphatic heterocycles. The average molecular weight is 1960 g/mol. The summed E-state index contributed by atoms with van der Waals surface area (Å²) in [5.41, 5.74) is 12.0. The number of carbonyl (C=O) groups is 3. The first-order valence-electron chi connectivity index (χ1n) is 42.9. The third kappa shape index (κ3) is 26.4. The number of nitrogens with zero attached hydrogens (tertiary/aromatic N) is 7. The van der Waals surface area contributed by atoms with Crippen LogP contribution in [0.5, 0.6) is 35.0 Å². The van der Waals surface area contributed by atoms with Crippen molar-refractivity contribution in [2.45, 2.75) is 85.2 Å². The third-order valence-corrected chi connectivity index (χ3v) is 23.6. The third-order valence-electron chi connectivity index (χ3n) is 22.1. The number of ether oxygens (including phenoxy) is 11. The SMILES string of the molecule is CN1CCN(CCCOCNc2[nH]c3ccc(Sc4ccccc4)cc3c2C#N)CC1.CO[C@H]1C[C@](OC2=Nc3ccc(Br)cc3C2)(C(=O)O)OC([C@@H](OC)[C@@H](O)CO)[C@@H]1NC(C)=O.COc1cc(OC)c2[nH]c(OC)c(C=O)c2c1.COc1cc2cc(-c3ccccc3)cnc2[nH]1.FC(F)(F)Oc1cc2cc(-c3ccccc3)cnc2[nH]1.FC(F)Oc1cc2cc(-c3ccccc3)cnc2[nH]1. The standard InChI is InChI=1S/C24H29N5OS.C21H27BrN2O9.C14H9F3N2O.C14H10F2N2O.C14H12N2O.C12H13NO4/c1-28-11-13-29(14-12-28)10-5-15-30-18-26-24-22(17-25)21-16-20(8-9-23(21)27-24)31-19-6-3-2-4-7-19;1-10(26)23-17-15(30-2)8-21(20(28)29,33-19(17)18(31-3)14(27)9-25)32-16-7-11-6-12(22)4-5-13(11)24-16;15-14(16,17)20-12-7-10-6-11(8-18-13(10)19-12)9-4-2-1-3-5-9;15-14(16)19-12-7-10-6-11(8-17-13(10)18-12)9-4-2-1-3-5-9;1-17-13-8-11-7-12(9-15-14(11)16-13)10-5-3-2-4-6-10;1-15-7-4-8-9(6-14)12(17-3)13-11(8)10(5-7)16-2/h2-4,6-9,16,26-27H,5,10-15,18H2,1H3;4-6,14-15,17-19,25,27H,7-9H2,1-3H3,(H,23,26)(H,28,29);1-8H,(H,18,19);1-8,14H,(H,17,18);2-9H,1H3,(H,15,16);4-6,13H,1-3H3/t;14-,15-,17+,18-,19?,21+;;;;/m.0..../s1. The maximum Gasteiger partial charge on any atom is 0.574 e. The predicted molar refractivity (Wildman–Crippen MR) is 513 cm³/mol. The number of aldehydes is 1. The Morgan fingerprint density at radius 3 is 1.80 bits per heavy atom. The van der Waals surface area contributed by atoms with Gasteiger partial charge in [0.2, 0.25) is 17.7 Å². The number of hydrogen-bond donors (Lipinski definition) is 10. The van der Waals surface area contributed by atoms with E-state index in [9.17, 15) is 56.9 Å². The zero-order valence-electron chi connectivity index (χ0n) is 75.5. The molecule has 0 radical (unpaired) electrons. The minimum Gasteiger partial charge on any atom is -0.497 e. The van der Waals surface area contributed by atoms with Crippen LogP contribution < -0.4 is 39.1 Å². The summed E-state index contributed by atoms with van der Waals surface area (Å²) >= 11 is 5.09. The number of nitrogens with one attached hydrogen (secondary N) is 7. The molecule has 38 heteroatoms. The van der Waals surface area contributed by atoms with Crippen LogP contribution in [0.2, 0.25) is 0 Å². The topological polar surface area (TPSA) is 398 Å². The molecule has 0 aliphatic carbocycles. The number of anilines is 1. The quantitative estimate of drug-likeness (QED) is 0.00942. The number of nitriles is 1. The van der Waals surface area contributed by atoms with Gasteiger partial charge in [0, 0.05) is 160 Å². The van der Waals surface area contributed by atoms with E-state index >= 15 is 0 Å². The number of H-pyrrole nitrogens is 5. The Morgan fingerprint density at radius 2 is 1.27 bits per heavy atom. The first-order chi connectivity index (χ1) is 66.2. The fraction of sp³-hybridized carbons (Fsp3) is 0.273. The molecule has 3 aliphatic rings. The van der Waals surface area contributed by atoms with Gasteiger partial charge >= 0.3 is 24.7 Å². The van der Waals surface area contributed by atoms with Crippen molar-refractivity contribution in [3.63, 3.8) is 0 Å². The molecule has 7 aromatic carbocycles. The lowest BCUT2D eigenvalue weighted by Crippen LogP contribution is -2.68. The first kappa shape index (κ1) is 100. The van der Waals surface area contributed by atoms with Crippen molar-refractivity contribution in [2.75, 3.05) is 108 Å². The van der Waals surface area contributed by atoms with Crippen LogP contribution in [0.15, 0.2) is 244 Å². The molecule has 1 unspecified atom stereocenters. The second-order valence-corrected chi connectivity index (χ2v) is 33.3. The van der Waals surface area contributed by atoms with Gasteiger partial charge in [-0.25, -0.2) is 24.7 Å². The Balaban J connectivity index is 0.000000142. The number of aliphatic carboxylic acids is 1. The summed E-state index contributed by atoms with van der Waals surface area (Å²) in [6.07, 6.45) is -2.58. The van der Waals surface area contributed by atoms with Gasteiger partial charge in [0.25, 0.3) is 0 Å². The molecule has 31 nitrogen and oxygen atoms in total. The number of pyridine rings is 3. The molecular formula is C99H100BrF5N14O17S. The number of aromatic amines is 5. The molecule has 18 rings (SSSR count). The number of aliphatic hydroxyl groups is 2. The number of aliphatic imine (C=N–C) groups is 1. The van der Waals surface area contributed by atoms with Crippen LogP contribution in [0.4, 0.5) is 33.5 Å². The number of carboxylic acids is 1.